The van der Waals surface area contributed by atoms with Gasteiger partial charge >= 0.3 is 0 Å². The van der Waals surface area contributed by atoms with Crippen LogP contribution in [0, 0.1) is 0 Å². The first-order valence-electron chi connectivity index (χ1n) is 4.68. The predicted molar refractivity (Wildman–Crippen MR) is 59.7 cm³/mol. The monoisotopic (exact) mass is 209 g/mol. The molecule has 0 aliphatic rings. The minimum Gasteiger partial charge on any atom is -0.325 e. The fraction of sp³-hybridized carbons (Fsp3) is 0.500. The molecule has 0 unspecified atom stereocenters. The quantitative estimate of drug-likeness (QED) is 0.782. The molecule has 0 radical (unpaired) electrons. The molecule has 14 heavy (non-hydrogen) atoms. The highest BCUT2D eigenvalue weighted by molar-refractivity contribution is 7.15. The number of nitrogens with zero attached hydrogens (tertiary/aromatic N) is 2. The van der Waals surface area contributed by atoms with E-state index in [9.17, 15) is 0 Å². The van der Waals surface area contributed by atoms with Gasteiger partial charge in [0.05, 0.1) is 5.69 Å². The fourth-order valence-electron chi connectivity index (χ4n) is 1.47. The van der Waals surface area contributed by atoms with Gasteiger partial charge in [0, 0.05) is 29.2 Å². The molecule has 2 aromatic rings. The molecule has 0 aliphatic carbocycles. The second kappa shape index (κ2) is 3.07. The molecule has 3 nitrogen and oxygen atoms in total. The molecule has 0 aliphatic heterocycles. The van der Waals surface area contributed by atoms with Gasteiger partial charge in [0.1, 0.15) is 0 Å². The van der Waals surface area contributed by atoms with Gasteiger partial charge in [-0.2, -0.15) is 0 Å². The smallest absolute Gasteiger partial charge is 0.194 e. The number of hydrogen-bond donors (Lipinski definition) is 1. The van der Waals surface area contributed by atoms with Crippen LogP contribution < -0.4 is 5.73 Å². The Morgan fingerprint density at radius 1 is 1.50 bits per heavy atom. The summed E-state index contributed by atoms with van der Waals surface area (Å²) in [7, 11) is 0. The molecule has 0 saturated carbocycles. The second-order valence-electron chi connectivity index (χ2n) is 4.46. The zero-order valence-corrected chi connectivity index (χ0v) is 9.56. The van der Waals surface area contributed by atoms with E-state index in [0.29, 0.717) is 6.54 Å². The van der Waals surface area contributed by atoms with Gasteiger partial charge in [-0.15, -0.1) is 11.3 Å². The van der Waals surface area contributed by atoms with E-state index in [1.54, 1.807) is 11.3 Å². The Labute approximate surface area is 87.6 Å². The lowest BCUT2D eigenvalue weighted by atomic mass is 9.93. The van der Waals surface area contributed by atoms with E-state index < -0.39 is 0 Å². The van der Waals surface area contributed by atoms with E-state index in [4.69, 9.17) is 5.73 Å². The Bertz CT molecular complexity index is 447. The molecule has 0 aromatic carbocycles. The highest BCUT2D eigenvalue weighted by Gasteiger charge is 2.19. The van der Waals surface area contributed by atoms with Crippen LogP contribution in [-0.2, 0) is 12.0 Å². The molecule has 0 bridgehead atoms. The van der Waals surface area contributed by atoms with Crippen LogP contribution in [0.2, 0.25) is 0 Å². The van der Waals surface area contributed by atoms with Crippen molar-refractivity contribution in [2.45, 2.75) is 32.7 Å². The molecule has 4 heteroatoms. The third-order valence-corrected chi connectivity index (χ3v) is 3.08. The molecule has 2 rings (SSSR count). The zero-order chi connectivity index (χ0) is 10.3. The van der Waals surface area contributed by atoms with E-state index >= 15 is 0 Å². The van der Waals surface area contributed by atoms with Crippen molar-refractivity contribution in [2.75, 3.05) is 0 Å². The summed E-state index contributed by atoms with van der Waals surface area (Å²) in [5.41, 5.74) is 7.97. The van der Waals surface area contributed by atoms with Gasteiger partial charge in [-0.3, -0.25) is 4.40 Å². The topological polar surface area (TPSA) is 43.3 Å². The lowest BCUT2D eigenvalue weighted by Crippen LogP contribution is -2.13. The van der Waals surface area contributed by atoms with Crippen molar-refractivity contribution >= 4 is 16.3 Å². The first-order chi connectivity index (χ1) is 6.52. The van der Waals surface area contributed by atoms with Crippen LogP contribution in [0.1, 0.15) is 32.2 Å². The van der Waals surface area contributed by atoms with Gasteiger partial charge in [-0.25, -0.2) is 4.98 Å². The lowest BCUT2D eigenvalue weighted by molar-refractivity contribution is 0.564. The molecule has 0 spiro atoms. The van der Waals surface area contributed by atoms with Crippen LogP contribution in [0.4, 0.5) is 0 Å². The van der Waals surface area contributed by atoms with E-state index in [-0.39, 0.29) is 5.41 Å². The van der Waals surface area contributed by atoms with E-state index in [2.05, 4.69) is 35.5 Å². The van der Waals surface area contributed by atoms with Crippen LogP contribution in [0.3, 0.4) is 0 Å². The third kappa shape index (κ3) is 1.44. The first kappa shape index (κ1) is 9.68. The third-order valence-electron chi connectivity index (χ3n) is 2.24. The maximum atomic E-state index is 5.56. The summed E-state index contributed by atoms with van der Waals surface area (Å²) in [6.45, 7) is 7.13. The Hall–Kier alpha value is -0.870. The van der Waals surface area contributed by atoms with Gasteiger partial charge in [-0.05, 0) is 0 Å². The number of rotatable bonds is 1. The Kier molecular flexibility index (Phi) is 2.12. The number of thiazole rings is 1. The van der Waals surface area contributed by atoms with Crippen molar-refractivity contribution < 1.29 is 0 Å². The van der Waals surface area contributed by atoms with Gasteiger partial charge in [0.2, 0.25) is 0 Å². The van der Waals surface area contributed by atoms with Crippen molar-refractivity contribution in [1.29, 1.82) is 0 Å². The van der Waals surface area contributed by atoms with Crippen molar-refractivity contribution in [3.63, 3.8) is 0 Å². The average Bonchev–Trinajstić information content (AvgIpc) is 2.57. The van der Waals surface area contributed by atoms with Crippen LogP contribution in [0.15, 0.2) is 11.6 Å². The highest BCUT2D eigenvalue weighted by atomic mass is 32.1. The number of fused-ring (bicyclic) bond motifs is 1. The molecule has 0 amide bonds. The predicted octanol–water partition coefficient (Wildman–Crippen LogP) is 2.15. The van der Waals surface area contributed by atoms with Crippen molar-refractivity contribution in [1.82, 2.24) is 9.38 Å². The van der Waals surface area contributed by atoms with Crippen molar-refractivity contribution in [3.8, 4) is 0 Å². The minimum atomic E-state index is 0.158. The molecule has 2 heterocycles. The maximum absolute atomic E-state index is 5.56. The second-order valence-corrected chi connectivity index (χ2v) is 5.30. The molecule has 0 saturated heterocycles. The zero-order valence-electron chi connectivity index (χ0n) is 8.74. The van der Waals surface area contributed by atoms with E-state index in [0.717, 1.165) is 10.7 Å². The Morgan fingerprint density at radius 2 is 2.21 bits per heavy atom. The summed E-state index contributed by atoms with van der Waals surface area (Å²) < 4.78 is 2.15. The molecule has 76 valence electrons. The Morgan fingerprint density at radius 3 is 2.79 bits per heavy atom. The summed E-state index contributed by atoms with van der Waals surface area (Å²) in [5, 5.41) is 2.17. The van der Waals surface area contributed by atoms with Crippen LogP contribution in [0.25, 0.3) is 4.96 Å². The molecule has 2 N–H and O–H groups in total. The van der Waals surface area contributed by atoms with Gasteiger partial charge < -0.3 is 5.73 Å². The van der Waals surface area contributed by atoms with Crippen molar-refractivity contribution in [2.24, 2.45) is 5.73 Å². The summed E-state index contributed by atoms with van der Waals surface area (Å²) in [6.07, 6.45) is 2.03. The minimum absolute atomic E-state index is 0.158. The maximum Gasteiger partial charge on any atom is 0.194 e. The number of nitrogens with two attached hydrogens (primary N) is 1. The van der Waals surface area contributed by atoms with Crippen molar-refractivity contribution in [3.05, 3.63) is 23.0 Å². The molecule has 0 atom stereocenters. The normalized spacial score (nSPS) is 12.6. The largest absolute Gasteiger partial charge is 0.325 e. The summed E-state index contributed by atoms with van der Waals surface area (Å²) in [6, 6.07) is 0. The van der Waals surface area contributed by atoms with E-state index in [1.807, 2.05) is 6.20 Å². The molecule has 2 aromatic heterocycles. The standard InChI is InChI=1S/C10H15N3S/c1-10(2,3)8-6-14-9-12-7(4-11)5-13(8)9/h5-6H,4,11H2,1-3H3. The van der Waals surface area contributed by atoms with E-state index in [1.165, 1.54) is 5.69 Å². The van der Waals surface area contributed by atoms with Gasteiger partial charge in [-0.1, -0.05) is 20.8 Å². The van der Waals surface area contributed by atoms with Gasteiger partial charge in [0.15, 0.2) is 4.96 Å². The van der Waals surface area contributed by atoms with Crippen LogP contribution >= 0.6 is 11.3 Å². The first-order valence-corrected chi connectivity index (χ1v) is 5.56. The number of imidazole rings is 1. The SMILES string of the molecule is CC(C)(C)c1csc2nc(CN)cn12. The van der Waals surface area contributed by atoms with Crippen LogP contribution in [-0.4, -0.2) is 9.38 Å². The lowest BCUT2D eigenvalue weighted by Gasteiger charge is -2.16. The highest BCUT2D eigenvalue weighted by Crippen LogP contribution is 2.27. The summed E-state index contributed by atoms with van der Waals surface area (Å²) in [4.78, 5) is 5.46. The van der Waals surface area contributed by atoms with Crippen LogP contribution in [0.5, 0.6) is 0 Å². The molecular formula is C10H15N3S. The number of hydrogen-bond acceptors (Lipinski definition) is 3. The number of aromatic nitrogens is 2. The summed E-state index contributed by atoms with van der Waals surface area (Å²) in [5.74, 6) is 0. The fourth-order valence-corrected chi connectivity index (χ4v) is 2.59. The molecular weight excluding hydrogens is 194 g/mol. The Balaban J connectivity index is 2.61. The molecule has 0 fully saturated rings. The average molecular weight is 209 g/mol. The summed E-state index contributed by atoms with van der Waals surface area (Å²) >= 11 is 1.67. The van der Waals surface area contributed by atoms with Gasteiger partial charge in [0.25, 0.3) is 0 Å².